The van der Waals surface area contributed by atoms with Gasteiger partial charge in [0.1, 0.15) is 5.75 Å². The van der Waals surface area contributed by atoms with Crippen molar-refractivity contribution in [3.63, 3.8) is 0 Å². The summed E-state index contributed by atoms with van der Waals surface area (Å²) >= 11 is 0. The Hall–Kier alpha value is -1.44. The van der Waals surface area contributed by atoms with Gasteiger partial charge in [-0.1, -0.05) is 18.2 Å². The normalized spacial score (nSPS) is 11.6. The number of benzene rings is 1. The molecule has 0 heterocycles. The quantitative estimate of drug-likeness (QED) is 0.776. The lowest BCUT2D eigenvalue weighted by Crippen LogP contribution is -2.09. The van der Waals surface area contributed by atoms with Crippen molar-refractivity contribution in [3.8, 4) is 5.75 Å². The molecule has 0 aliphatic heterocycles. The molecule has 0 unspecified atom stereocenters. The van der Waals surface area contributed by atoms with Crippen LogP contribution >= 0.6 is 0 Å². The van der Waals surface area contributed by atoms with Gasteiger partial charge in [0.2, 0.25) is 0 Å². The first-order valence-electron chi connectivity index (χ1n) is 4.70. The summed E-state index contributed by atoms with van der Waals surface area (Å²) in [7, 11) is 3.94. The highest BCUT2D eigenvalue weighted by molar-refractivity contribution is 5.69. The molecule has 1 aromatic carbocycles. The van der Waals surface area contributed by atoms with Crippen molar-refractivity contribution < 1.29 is 5.11 Å². The van der Waals surface area contributed by atoms with Gasteiger partial charge in [0, 0.05) is 25.4 Å². The number of aromatic hydroxyl groups is 1. The van der Waals surface area contributed by atoms with E-state index in [-0.39, 0.29) is 0 Å². The molecular weight excluding hydrogens is 174 g/mol. The lowest BCUT2D eigenvalue weighted by molar-refractivity contribution is 0.465. The Labute approximate surface area is 85.5 Å². The molecule has 0 atom stereocenters. The molecule has 76 valence electrons. The van der Waals surface area contributed by atoms with E-state index < -0.39 is 0 Å². The zero-order valence-electron chi connectivity index (χ0n) is 9.20. The van der Waals surface area contributed by atoms with Crippen LogP contribution in [0.1, 0.15) is 18.1 Å². The highest BCUT2D eigenvalue weighted by Gasteiger charge is 2.09. The molecule has 1 aromatic rings. The van der Waals surface area contributed by atoms with Gasteiger partial charge >= 0.3 is 0 Å². The van der Waals surface area contributed by atoms with Gasteiger partial charge in [0.15, 0.2) is 0 Å². The summed E-state index contributed by atoms with van der Waals surface area (Å²) in [5.41, 5.74) is 2.83. The fourth-order valence-electron chi connectivity index (χ4n) is 1.52. The lowest BCUT2D eigenvalue weighted by atomic mass is 10.1. The summed E-state index contributed by atoms with van der Waals surface area (Å²) < 4.78 is 0. The number of aryl methyl sites for hydroxylation is 1. The summed E-state index contributed by atoms with van der Waals surface area (Å²) in [5.74, 6) is 0.370. The number of phenolic OH excluding ortho intramolecular Hbond substituents is 1. The molecule has 1 rings (SSSR count). The molecule has 0 saturated heterocycles. The van der Waals surface area contributed by atoms with Crippen LogP contribution in [0.15, 0.2) is 24.3 Å². The summed E-state index contributed by atoms with van der Waals surface area (Å²) in [6.45, 7) is 3.87. The van der Waals surface area contributed by atoms with Crippen molar-refractivity contribution in [3.05, 3.63) is 35.4 Å². The molecule has 0 spiro atoms. The maximum atomic E-state index is 9.88. The third-order valence-corrected chi connectivity index (χ3v) is 2.27. The molecule has 0 aromatic heterocycles. The third-order valence-electron chi connectivity index (χ3n) is 2.27. The summed E-state index contributed by atoms with van der Waals surface area (Å²) in [6, 6.07) is 5.79. The molecule has 2 nitrogen and oxygen atoms in total. The van der Waals surface area contributed by atoms with E-state index in [9.17, 15) is 5.11 Å². The van der Waals surface area contributed by atoms with E-state index in [2.05, 4.69) is 0 Å². The van der Waals surface area contributed by atoms with Gasteiger partial charge in [0.05, 0.1) is 0 Å². The molecular formula is C12H17NO. The number of nitrogens with zero attached hydrogens (tertiary/aromatic N) is 1. The molecule has 0 amide bonds. The van der Waals surface area contributed by atoms with E-state index in [0.29, 0.717) is 5.75 Å². The molecule has 1 N–H and O–H groups in total. The number of hydrogen-bond acceptors (Lipinski definition) is 2. The Balaban J connectivity index is 3.25. The first-order chi connectivity index (χ1) is 6.57. The van der Waals surface area contributed by atoms with Crippen LogP contribution in [0.5, 0.6) is 5.75 Å². The average Bonchev–Trinajstić information content (AvgIpc) is 2.13. The molecule has 0 aliphatic rings. The number of hydrogen-bond donors (Lipinski definition) is 1. The van der Waals surface area contributed by atoms with Crippen molar-refractivity contribution in [2.45, 2.75) is 13.8 Å². The summed E-state index contributed by atoms with van der Waals surface area (Å²) in [4.78, 5) is 1.99. The predicted molar refractivity (Wildman–Crippen MR) is 60.2 cm³/mol. The zero-order chi connectivity index (χ0) is 10.7. The number of rotatable bonds is 2. The molecule has 0 fully saturated rings. The third kappa shape index (κ3) is 1.90. The van der Waals surface area contributed by atoms with E-state index in [1.165, 1.54) is 0 Å². The summed E-state index contributed by atoms with van der Waals surface area (Å²) in [5, 5.41) is 9.88. The topological polar surface area (TPSA) is 23.5 Å². The van der Waals surface area contributed by atoms with E-state index in [0.717, 1.165) is 16.8 Å². The monoisotopic (exact) mass is 191 g/mol. The van der Waals surface area contributed by atoms with Gasteiger partial charge in [-0.2, -0.15) is 0 Å². The second kappa shape index (κ2) is 4.18. The molecule has 0 bridgehead atoms. The van der Waals surface area contributed by atoms with Gasteiger partial charge in [-0.15, -0.1) is 0 Å². The van der Waals surface area contributed by atoms with E-state index in [4.69, 9.17) is 0 Å². The average molecular weight is 191 g/mol. The highest BCUT2D eigenvalue weighted by atomic mass is 16.3. The second-order valence-corrected chi connectivity index (χ2v) is 3.54. The molecule has 0 aliphatic carbocycles. The van der Waals surface area contributed by atoms with E-state index >= 15 is 0 Å². The van der Waals surface area contributed by atoms with Crippen molar-refractivity contribution in [1.82, 2.24) is 4.90 Å². The second-order valence-electron chi connectivity index (χ2n) is 3.54. The maximum absolute atomic E-state index is 9.88. The van der Waals surface area contributed by atoms with Gasteiger partial charge in [-0.3, -0.25) is 0 Å². The van der Waals surface area contributed by atoms with Gasteiger partial charge in [0.25, 0.3) is 0 Å². The maximum Gasteiger partial charge on any atom is 0.127 e. The van der Waals surface area contributed by atoms with Crippen LogP contribution in [-0.4, -0.2) is 24.1 Å². The highest BCUT2D eigenvalue weighted by Crippen LogP contribution is 2.28. The first kappa shape index (κ1) is 10.6. The van der Waals surface area contributed by atoms with Crippen molar-refractivity contribution in [2.75, 3.05) is 14.1 Å². The van der Waals surface area contributed by atoms with E-state index in [1.54, 1.807) is 0 Å². The Kier molecular flexibility index (Phi) is 3.18. The Morgan fingerprint density at radius 3 is 2.50 bits per heavy atom. The van der Waals surface area contributed by atoms with E-state index in [1.807, 2.05) is 57.1 Å². The molecule has 0 saturated carbocycles. The van der Waals surface area contributed by atoms with Crippen LogP contribution in [0.25, 0.3) is 5.70 Å². The van der Waals surface area contributed by atoms with Crippen LogP contribution in [-0.2, 0) is 0 Å². The number of para-hydroxylation sites is 1. The smallest absolute Gasteiger partial charge is 0.127 e. The van der Waals surface area contributed by atoms with Crippen molar-refractivity contribution in [1.29, 1.82) is 0 Å². The Morgan fingerprint density at radius 2 is 2.00 bits per heavy atom. The standard InChI is InChI=1S/C12H17NO/c1-5-11(13(3)4)10-8-6-7-9(2)12(10)14/h5-8,14H,1-4H3/b11-5+. The van der Waals surface area contributed by atoms with Crippen molar-refractivity contribution in [2.24, 2.45) is 0 Å². The Bertz CT molecular complexity index is 353. The largest absolute Gasteiger partial charge is 0.507 e. The molecule has 14 heavy (non-hydrogen) atoms. The fraction of sp³-hybridized carbons (Fsp3) is 0.333. The summed E-state index contributed by atoms with van der Waals surface area (Å²) in [6.07, 6.45) is 1.99. The minimum Gasteiger partial charge on any atom is -0.507 e. The minimum atomic E-state index is 0.370. The van der Waals surface area contributed by atoms with Crippen molar-refractivity contribution >= 4 is 5.70 Å². The lowest BCUT2D eigenvalue weighted by Gasteiger charge is -2.18. The van der Waals surface area contributed by atoms with Gasteiger partial charge in [-0.05, 0) is 25.5 Å². The van der Waals surface area contributed by atoms with Gasteiger partial charge in [-0.25, -0.2) is 0 Å². The van der Waals surface area contributed by atoms with Crippen LogP contribution < -0.4 is 0 Å². The van der Waals surface area contributed by atoms with Gasteiger partial charge < -0.3 is 10.0 Å². The van der Waals surface area contributed by atoms with Crippen LogP contribution in [0.2, 0.25) is 0 Å². The minimum absolute atomic E-state index is 0.370. The number of allylic oxidation sites excluding steroid dienone is 1. The van der Waals surface area contributed by atoms with Crippen LogP contribution in [0.4, 0.5) is 0 Å². The van der Waals surface area contributed by atoms with Crippen LogP contribution in [0.3, 0.4) is 0 Å². The number of phenols is 1. The fourth-order valence-corrected chi connectivity index (χ4v) is 1.52. The zero-order valence-corrected chi connectivity index (χ0v) is 9.20. The van der Waals surface area contributed by atoms with Crippen LogP contribution in [0, 0.1) is 6.92 Å². The molecule has 2 heteroatoms. The SMILES string of the molecule is C/C=C(\c1cccc(C)c1O)N(C)C. The molecule has 0 radical (unpaired) electrons. The predicted octanol–water partition coefficient (Wildman–Crippen LogP) is 2.62. The Morgan fingerprint density at radius 1 is 1.36 bits per heavy atom. The first-order valence-corrected chi connectivity index (χ1v) is 4.70.